The molecule has 0 bridgehead atoms. The van der Waals surface area contributed by atoms with Gasteiger partial charge in [-0.1, -0.05) is 48.5 Å². The lowest BCUT2D eigenvalue weighted by atomic mass is 10.2. The number of sulfonamides is 1. The van der Waals surface area contributed by atoms with Crippen molar-refractivity contribution in [3.63, 3.8) is 0 Å². The third kappa shape index (κ3) is 11.4. The van der Waals surface area contributed by atoms with Crippen molar-refractivity contribution in [2.45, 2.75) is 50.3 Å². The van der Waals surface area contributed by atoms with Crippen molar-refractivity contribution < 1.29 is 37.0 Å². The number of alkyl carbamates (subject to hydrolysis) is 1. The maximum atomic E-state index is 13.2. The lowest BCUT2D eigenvalue weighted by Gasteiger charge is -2.24. The van der Waals surface area contributed by atoms with Crippen LogP contribution in [0.15, 0.2) is 101 Å². The van der Waals surface area contributed by atoms with Crippen LogP contribution < -0.4 is 31.0 Å². The summed E-state index contributed by atoms with van der Waals surface area (Å²) in [6.45, 7) is 5.12. The lowest BCUT2D eigenvalue weighted by molar-refractivity contribution is -0.156. The zero-order valence-electron chi connectivity index (χ0n) is 27.3. The molecular formula is C34H39N5O9S. The monoisotopic (exact) mass is 693 g/mol. The first kappa shape index (κ1) is 36.4. The van der Waals surface area contributed by atoms with Gasteiger partial charge in [0.05, 0.1) is 17.7 Å². The average molecular weight is 694 g/mol. The minimum absolute atomic E-state index is 0.0727. The van der Waals surface area contributed by atoms with Crippen molar-refractivity contribution >= 4 is 39.3 Å². The molecule has 0 aliphatic heterocycles. The number of nitrogens with one attached hydrogen (secondary N) is 4. The van der Waals surface area contributed by atoms with Gasteiger partial charge in [0.1, 0.15) is 29.7 Å². The molecule has 4 rings (SSSR count). The van der Waals surface area contributed by atoms with Crippen LogP contribution in [0.1, 0.15) is 32.8 Å². The summed E-state index contributed by atoms with van der Waals surface area (Å²) in [4.78, 5) is 50.7. The Kier molecular flexibility index (Phi) is 12.4. The number of esters is 1. The van der Waals surface area contributed by atoms with Crippen LogP contribution in [0.5, 0.6) is 5.75 Å². The molecule has 260 valence electrons. The first-order chi connectivity index (χ1) is 23.3. The van der Waals surface area contributed by atoms with Crippen LogP contribution in [-0.4, -0.2) is 62.3 Å². The number of amides is 3. The second-order valence-electron chi connectivity index (χ2n) is 11.8. The molecule has 0 saturated carbocycles. The number of benzene rings is 2. The highest BCUT2D eigenvalue weighted by Gasteiger charge is 2.30. The van der Waals surface area contributed by atoms with Gasteiger partial charge in [-0.05, 0) is 69.2 Å². The number of carbonyl (C=O) groups is 3. The highest BCUT2D eigenvalue weighted by atomic mass is 32.2. The largest absolute Gasteiger partial charge is 0.492 e. The summed E-state index contributed by atoms with van der Waals surface area (Å²) in [6.07, 6.45) is 1.40. The molecule has 15 heteroatoms. The first-order valence-corrected chi connectivity index (χ1v) is 16.9. The van der Waals surface area contributed by atoms with Gasteiger partial charge in [-0.15, -0.1) is 0 Å². The maximum Gasteiger partial charge on any atom is 0.407 e. The predicted molar refractivity (Wildman–Crippen MR) is 182 cm³/mol. The summed E-state index contributed by atoms with van der Waals surface area (Å²) in [7, 11) is -4.14. The second-order valence-corrected chi connectivity index (χ2v) is 13.5. The third-order valence-electron chi connectivity index (χ3n) is 6.65. The minimum atomic E-state index is -4.14. The first-order valence-electron chi connectivity index (χ1n) is 15.4. The fourth-order valence-corrected chi connectivity index (χ4v) is 5.55. The van der Waals surface area contributed by atoms with Crippen molar-refractivity contribution in [3.05, 3.63) is 107 Å². The smallest absolute Gasteiger partial charge is 0.407 e. The van der Waals surface area contributed by atoms with Crippen LogP contribution >= 0.6 is 0 Å². The third-order valence-corrected chi connectivity index (χ3v) is 8.14. The van der Waals surface area contributed by atoms with Gasteiger partial charge in [0.2, 0.25) is 10.0 Å². The molecule has 0 radical (unpaired) electrons. The van der Waals surface area contributed by atoms with E-state index in [1.807, 2.05) is 30.3 Å². The van der Waals surface area contributed by atoms with E-state index in [0.29, 0.717) is 24.2 Å². The molecule has 0 aliphatic carbocycles. The Hall–Kier alpha value is -5.41. The molecule has 2 aromatic heterocycles. The van der Waals surface area contributed by atoms with Crippen molar-refractivity contribution in [2.24, 2.45) is 0 Å². The number of ether oxygens (including phenoxy) is 3. The second kappa shape index (κ2) is 16.6. The molecule has 0 unspecified atom stereocenters. The van der Waals surface area contributed by atoms with Gasteiger partial charge >= 0.3 is 18.1 Å². The Labute approximate surface area is 283 Å². The van der Waals surface area contributed by atoms with E-state index in [0.717, 1.165) is 5.56 Å². The Morgan fingerprint density at radius 2 is 1.55 bits per heavy atom. The average Bonchev–Trinajstić information content (AvgIpc) is 3.07. The predicted octanol–water partition coefficient (Wildman–Crippen LogP) is 3.81. The molecule has 4 aromatic rings. The number of nitrogens with zero attached hydrogens (tertiary/aromatic N) is 1. The molecule has 2 aromatic carbocycles. The van der Waals surface area contributed by atoms with E-state index in [9.17, 15) is 27.6 Å². The zero-order chi connectivity index (χ0) is 35.4. The highest BCUT2D eigenvalue weighted by Crippen LogP contribution is 2.15. The van der Waals surface area contributed by atoms with Gasteiger partial charge in [0.15, 0.2) is 0 Å². The van der Waals surface area contributed by atoms with E-state index < -0.39 is 51.9 Å². The number of aromatic nitrogens is 1. The summed E-state index contributed by atoms with van der Waals surface area (Å²) < 4.78 is 45.7. The van der Waals surface area contributed by atoms with Crippen LogP contribution in [0.25, 0.3) is 5.52 Å². The summed E-state index contributed by atoms with van der Waals surface area (Å²) in [5.41, 5.74) is -0.154. The van der Waals surface area contributed by atoms with Gasteiger partial charge < -0.3 is 30.2 Å². The molecule has 2 heterocycles. The van der Waals surface area contributed by atoms with Crippen LogP contribution in [0.2, 0.25) is 0 Å². The van der Waals surface area contributed by atoms with Gasteiger partial charge in [-0.3, -0.25) is 14.0 Å². The van der Waals surface area contributed by atoms with E-state index in [2.05, 4.69) is 20.7 Å². The quantitative estimate of drug-likeness (QED) is 0.113. The molecule has 0 spiro atoms. The Balaban J connectivity index is 1.32. The fourth-order valence-electron chi connectivity index (χ4n) is 4.34. The summed E-state index contributed by atoms with van der Waals surface area (Å²) in [6, 6.07) is 20.8. The Bertz CT molecular complexity index is 1910. The van der Waals surface area contributed by atoms with Crippen LogP contribution in [0, 0.1) is 0 Å². The number of urea groups is 1. The number of rotatable bonds is 14. The van der Waals surface area contributed by atoms with Crippen LogP contribution in [0.3, 0.4) is 0 Å². The van der Waals surface area contributed by atoms with Gasteiger partial charge in [-0.25, -0.2) is 18.0 Å². The summed E-state index contributed by atoms with van der Waals surface area (Å²) in [5.74, 6) is -0.516. The fraction of sp³-hybridized carbons (Fsp3) is 0.294. The number of anilines is 1. The topological polar surface area (TPSA) is 183 Å². The van der Waals surface area contributed by atoms with Gasteiger partial charge in [0.25, 0.3) is 5.56 Å². The molecule has 0 saturated heterocycles. The molecular weight excluding hydrogens is 654 g/mol. The van der Waals surface area contributed by atoms with Gasteiger partial charge in [-0.2, -0.15) is 4.72 Å². The zero-order valence-corrected chi connectivity index (χ0v) is 28.1. The number of carbonyl (C=O) groups excluding carboxylic acids is 3. The number of hydrogen-bond acceptors (Lipinski definition) is 9. The molecule has 1 atom stereocenters. The van der Waals surface area contributed by atoms with Crippen molar-refractivity contribution in [2.75, 3.05) is 25.0 Å². The van der Waals surface area contributed by atoms with Crippen LogP contribution in [-0.2, 0) is 30.9 Å². The van der Waals surface area contributed by atoms with Crippen molar-refractivity contribution in [3.8, 4) is 5.75 Å². The molecule has 0 fully saturated rings. The molecule has 0 aliphatic rings. The number of fused-ring (bicyclic) bond motifs is 1. The molecule has 14 nitrogen and oxygen atoms in total. The minimum Gasteiger partial charge on any atom is -0.492 e. The highest BCUT2D eigenvalue weighted by molar-refractivity contribution is 7.89. The van der Waals surface area contributed by atoms with Crippen LogP contribution in [0.4, 0.5) is 15.3 Å². The molecule has 3 amide bonds. The van der Waals surface area contributed by atoms with E-state index in [4.69, 9.17) is 14.2 Å². The van der Waals surface area contributed by atoms with Gasteiger partial charge in [0, 0.05) is 18.6 Å². The lowest BCUT2D eigenvalue weighted by Crippen LogP contribution is -2.51. The van der Waals surface area contributed by atoms with E-state index in [1.165, 1.54) is 40.9 Å². The maximum absolute atomic E-state index is 13.2. The number of hydrogen-bond donors (Lipinski definition) is 4. The molecule has 4 N–H and O–H groups in total. The molecule has 49 heavy (non-hydrogen) atoms. The SMILES string of the molecule is CC(C)(C)OC(=O)[C@H](CNC(=O)Nc1ccc2ccc(OCCCNC(=O)OCc3ccccc3)cn2c1=O)NS(=O)(=O)c1ccccc1. The summed E-state index contributed by atoms with van der Waals surface area (Å²) in [5, 5.41) is 7.53. The van der Waals surface area contributed by atoms with E-state index in [1.54, 1.807) is 45.0 Å². The van der Waals surface area contributed by atoms with E-state index >= 15 is 0 Å². The number of pyridine rings is 2. The van der Waals surface area contributed by atoms with E-state index in [-0.39, 0.29) is 23.8 Å². The van der Waals surface area contributed by atoms with Crippen molar-refractivity contribution in [1.82, 2.24) is 19.8 Å². The summed E-state index contributed by atoms with van der Waals surface area (Å²) >= 11 is 0. The normalized spacial score (nSPS) is 12.1. The Morgan fingerprint density at radius 1 is 0.878 bits per heavy atom. The standard InChI is InChI=1S/C34H39N5O9S/c1-34(2,3)48-31(41)29(38-49(44,45)27-13-8-5-9-14-27)21-36-32(42)37-28-18-16-25-15-17-26(22-39(25)30(28)40)46-20-10-19-35-33(43)47-23-24-11-6-4-7-12-24/h4-9,11-18,22,29,38H,10,19-21,23H2,1-3H3,(H,35,43)(H2,36,37,42)/t29-/m0/s1. The Morgan fingerprint density at radius 3 is 2.24 bits per heavy atom. The van der Waals surface area contributed by atoms with Crippen molar-refractivity contribution in [1.29, 1.82) is 0 Å².